The van der Waals surface area contributed by atoms with E-state index in [1.165, 1.54) is 19.6 Å². The van der Waals surface area contributed by atoms with Gasteiger partial charge in [0.1, 0.15) is 0 Å². The van der Waals surface area contributed by atoms with Crippen molar-refractivity contribution in [3.8, 4) is 0 Å². The van der Waals surface area contributed by atoms with E-state index in [9.17, 15) is 0 Å². The van der Waals surface area contributed by atoms with Crippen LogP contribution >= 0.6 is 0 Å². The quantitative estimate of drug-likeness (QED) is 0.636. The number of nitrogens with two attached hydrogens (primary N) is 1. The van der Waals surface area contributed by atoms with Gasteiger partial charge in [-0.25, -0.2) is 0 Å². The van der Waals surface area contributed by atoms with Crippen molar-refractivity contribution in [2.75, 3.05) is 46.2 Å². The van der Waals surface area contributed by atoms with E-state index in [0.29, 0.717) is 0 Å². The molecule has 0 aromatic heterocycles. The van der Waals surface area contributed by atoms with E-state index in [0.717, 1.165) is 26.6 Å². The summed E-state index contributed by atoms with van der Waals surface area (Å²) >= 11 is 0. The summed E-state index contributed by atoms with van der Waals surface area (Å²) in [4.78, 5) is 7.56. The van der Waals surface area contributed by atoms with E-state index in [1.807, 2.05) is 0 Å². The van der Waals surface area contributed by atoms with Gasteiger partial charge in [-0.05, 0) is 13.8 Å². The molecule has 0 aliphatic carbocycles. The summed E-state index contributed by atoms with van der Waals surface area (Å²) in [6, 6.07) is 0. The van der Waals surface area contributed by atoms with Gasteiger partial charge in [-0.3, -0.25) is 14.7 Å². The fourth-order valence-corrected chi connectivity index (χ4v) is 3.30. The van der Waals surface area contributed by atoms with Crippen molar-refractivity contribution in [2.24, 2.45) is 5.73 Å². The molecule has 0 aromatic carbocycles. The first-order valence-corrected chi connectivity index (χ1v) is 6.15. The molecule has 4 fully saturated rings. The van der Waals surface area contributed by atoms with Crippen LogP contribution in [0.1, 0.15) is 13.8 Å². The highest BCUT2D eigenvalue weighted by atomic mass is 15.6. The Hall–Kier alpha value is -0.200. The second kappa shape index (κ2) is 3.40. The van der Waals surface area contributed by atoms with E-state index in [4.69, 9.17) is 5.73 Å². The minimum absolute atomic E-state index is 0.122. The minimum atomic E-state index is -0.122. The molecule has 0 atom stereocenters. The molecule has 92 valence electrons. The molecule has 16 heavy (non-hydrogen) atoms. The second-order valence-corrected chi connectivity index (χ2v) is 6.53. The van der Waals surface area contributed by atoms with Crippen molar-refractivity contribution in [2.45, 2.75) is 24.9 Å². The number of hydrogen-bond donors (Lipinski definition) is 2. The molecule has 4 aliphatic heterocycles. The molecular weight excluding hydrogens is 202 g/mol. The van der Waals surface area contributed by atoms with Crippen molar-refractivity contribution in [3.05, 3.63) is 0 Å². The van der Waals surface area contributed by atoms with Crippen molar-refractivity contribution in [1.82, 2.24) is 20.0 Å². The lowest BCUT2D eigenvalue weighted by molar-refractivity contribution is -0.150. The fraction of sp³-hybridized carbons (Fsp3) is 1.00. The molecule has 4 heterocycles. The van der Waals surface area contributed by atoms with Crippen LogP contribution in [0.25, 0.3) is 0 Å². The number of rotatable bonds is 3. The Morgan fingerprint density at radius 3 is 1.88 bits per heavy atom. The van der Waals surface area contributed by atoms with Gasteiger partial charge in [0.05, 0.1) is 25.5 Å². The Morgan fingerprint density at radius 2 is 1.50 bits per heavy atom. The SMILES string of the molecule is CC(C)(N)CNC12CN3CN(CN(C3)C1)C2. The smallest absolute Gasteiger partial charge is 0.0569 e. The van der Waals surface area contributed by atoms with E-state index in [2.05, 4.69) is 33.9 Å². The monoisotopic (exact) mass is 225 g/mol. The van der Waals surface area contributed by atoms with Gasteiger partial charge in [0, 0.05) is 31.7 Å². The molecule has 0 aromatic rings. The second-order valence-electron chi connectivity index (χ2n) is 6.53. The first-order chi connectivity index (χ1) is 7.44. The van der Waals surface area contributed by atoms with Gasteiger partial charge in [0.2, 0.25) is 0 Å². The van der Waals surface area contributed by atoms with Gasteiger partial charge >= 0.3 is 0 Å². The highest BCUT2D eigenvalue weighted by molar-refractivity contribution is 5.06. The largest absolute Gasteiger partial charge is 0.324 e. The maximum absolute atomic E-state index is 6.06. The average molecular weight is 225 g/mol. The summed E-state index contributed by atoms with van der Waals surface area (Å²) in [6.07, 6.45) is 0. The lowest BCUT2D eigenvalue weighted by atomic mass is 9.90. The van der Waals surface area contributed by atoms with Crippen molar-refractivity contribution < 1.29 is 0 Å². The molecule has 0 amide bonds. The normalized spacial score (nSPS) is 46.3. The summed E-state index contributed by atoms with van der Waals surface area (Å²) in [6.45, 7) is 12.0. The van der Waals surface area contributed by atoms with E-state index in [1.54, 1.807) is 0 Å². The molecule has 0 radical (unpaired) electrons. The van der Waals surface area contributed by atoms with Crippen LogP contribution < -0.4 is 11.1 Å². The molecule has 4 aliphatic rings. The number of nitrogens with zero attached hydrogens (tertiary/aromatic N) is 3. The molecular formula is C11H23N5. The molecule has 5 nitrogen and oxygen atoms in total. The Balaban J connectivity index is 1.69. The predicted octanol–water partition coefficient (Wildman–Crippen LogP) is -1.13. The molecule has 0 unspecified atom stereocenters. The molecule has 0 spiro atoms. The third-order valence-electron chi connectivity index (χ3n) is 3.70. The zero-order valence-electron chi connectivity index (χ0n) is 10.4. The van der Waals surface area contributed by atoms with Crippen molar-refractivity contribution in [1.29, 1.82) is 0 Å². The molecule has 4 bridgehead atoms. The van der Waals surface area contributed by atoms with Gasteiger partial charge < -0.3 is 11.1 Å². The summed E-state index contributed by atoms with van der Waals surface area (Å²) < 4.78 is 0. The average Bonchev–Trinajstić information content (AvgIpc) is 2.11. The number of nitrogens with one attached hydrogen (secondary N) is 1. The molecule has 4 rings (SSSR count). The Kier molecular flexibility index (Phi) is 2.32. The van der Waals surface area contributed by atoms with Crippen molar-refractivity contribution in [3.63, 3.8) is 0 Å². The fourth-order valence-electron chi connectivity index (χ4n) is 3.30. The summed E-state index contributed by atoms with van der Waals surface area (Å²) in [5.74, 6) is 0. The third kappa shape index (κ3) is 1.98. The standard InChI is InChI=1S/C11H23N5/c1-10(2,12)3-13-11-4-14-7-15(5-11)9-16(6-11)8-14/h13H,3-9,12H2,1-2H3. The van der Waals surface area contributed by atoms with Gasteiger partial charge in [0.15, 0.2) is 0 Å². The summed E-state index contributed by atoms with van der Waals surface area (Å²) in [5.41, 5.74) is 6.20. The Labute approximate surface area is 97.5 Å². The zero-order chi connectivity index (χ0) is 11.4. The zero-order valence-corrected chi connectivity index (χ0v) is 10.4. The first-order valence-electron chi connectivity index (χ1n) is 6.15. The lowest BCUT2D eigenvalue weighted by Crippen LogP contribution is -2.80. The van der Waals surface area contributed by atoms with Gasteiger partial charge in [0.25, 0.3) is 0 Å². The van der Waals surface area contributed by atoms with Crippen LogP contribution in [0.15, 0.2) is 0 Å². The molecule has 0 saturated carbocycles. The lowest BCUT2D eigenvalue weighted by Gasteiger charge is -2.61. The minimum Gasteiger partial charge on any atom is -0.324 e. The third-order valence-corrected chi connectivity index (χ3v) is 3.70. The van der Waals surface area contributed by atoms with Crippen LogP contribution in [0.2, 0.25) is 0 Å². The van der Waals surface area contributed by atoms with E-state index >= 15 is 0 Å². The van der Waals surface area contributed by atoms with Crippen LogP contribution in [-0.4, -0.2) is 72.0 Å². The summed E-state index contributed by atoms with van der Waals surface area (Å²) in [5, 5.41) is 3.72. The molecule has 5 heteroatoms. The molecule has 4 saturated heterocycles. The maximum Gasteiger partial charge on any atom is 0.0569 e. The van der Waals surface area contributed by atoms with Gasteiger partial charge in [-0.1, -0.05) is 0 Å². The highest BCUT2D eigenvalue weighted by Crippen LogP contribution is 2.28. The molecule has 3 N–H and O–H groups in total. The maximum atomic E-state index is 6.06. The van der Waals surface area contributed by atoms with Crippen LogP contribution in [0.5, 0.6) is 0 Å². The van der Waals surface area contributed by atoms with E-state index in [-0.39, 0.29) is 11.1 Å². The van der Waals surface area contributed by atoms with Gasteiger partial charge in [-0.2, -0.15) is 0 Å². The van der Waals surface area contributed by atoms with Crippen LogP contribution in [0.3, 0.4) is 0 Å². The highest BCUT2D eigenvalue weighted by Gasteiger charge is 2.48. The summed E-state index contributed by atoms with van der Waals surface area (Å²) in [7, 11) is 0. The van der Waals surface area contributed by atoms with Gasteiger partial charge in [-0.15, -0.1) is 0 Å². The van der Waals surface area contributed by atoms with Crippen LogP contribution in [0, 0.1) is 0 Å². The Morgan fingerprint density at radius 1 is 1.06 bits per heavy atom. The number of hydrogen-bond acceptors (Lipinski definition) is 5. The predicted molar refractivity (Wildman–Crippen MR) is 63.7 cm³/mol. The van der Waals surface area contributed by atoms with Crippen molar-refractivity contribution >= 4 is 0 Å². The topological polar surface area (TPSA) is 47.8 Å². The van der Waals surface area contributed by atoms with Crippen LogP contribution in [-0.2, 0) is 0 Å². The van der Waals surface area contributed by atoms with Crippen LogP contribution in [0.4, 0.5) is 0 Å². The van der Waals surface area contributed by atoms with E-state index < -0.39 is 0 Å². The Bertz CT molecular complexity index is 247. The first kappa shape index (κ1) is 10.9.